The first kappa shape index (κ1) is 23.8. The van der Waals surface area contributed by atoms with Gasteiger partial charge in [0.25, 0.3) is 5.56 Å². The zero-order valence-corrected chi connectivity index (χ0v) is 19.3. The van der Waals surface area contributed by atoms with E-state index in [4.69, 9.17) is 14.2 Å². The van der Waals surface area contributed by atoms with Crippen LogP contribution in [0.1, 0.15) is 37.3 Å². The Morgan fingerprint density at radius 2 is 1.68 bits per heavy atom. The van der Waals surface area contributed by atoms with E-state index in [1.807, 2.05) is 0 Å². The minimum Gasteiger partial charge on any atom is -0.493 e. The lowest BCUT2D eigenvalue weighted by molar-refractivity contribution is 0.134. The maximum Gasteiger partial charge on any atom is 0.332 e. The first-order chi connectivity index (χ1) is 16.5. The van der Waals surface area contributed by atoms with Crippen LogP contribution >= 0.6 is 0 Å². The summed E-state index contributed by atoms with van der Waals surface area (Å²) in [6.45, 7) is -1.94. The molecule has 182 valence electrons. The van der Waals surface area contributed by atoms with E-state index in [0.29, 0.717) is 22.6 Å². The molecule has 34 heavy (non-hydrogen) atoms. The fourth-order valence-corrected chi connectivity index (χ4v) is 4.55. The van der Waals surface area contributed by atoms with E-state index < -0.39 is 30.7 Å². The van der Waals surface area contributed by atoms with Crippen molar-refractivity contribution in [2.24, 2.45) is 0 Å². The van der Waals surface area contributed by atoms with Crippen molar-refractivity contribution in [3.8, 4) is 17.2 Å². The van der Waals surface area contributed by atoms with E-state index in [9.17, 15) is 18.4 Å². The van der Waals surface area contributed by atoms with Crippen molar-refractivity contribution in [3.63, 3.8) is 0 Å². The molecule has 1 aliphatic carbocycles. The molecule has 1 aromatic heterocycles. The number of fused-ring (bicyclic) bond motifs is 1. The number of hydrogen-bond donors (Lipinski definition) is 0. The Balaban J connectivity index is 1.86. The van der Waals surface area contributed by atoms with Crippen molar-refractivity contribution in [2.45, 2.75) is 44.4 Å². The molecule has 3 aromatic rings. The van der Waals surface area contributed by atoms with Gasteiger partial charge in [-0.3, -0.25) is 13.9 Å². The van der Waals surface area contributed by atoms with Crippen LogP contribution in [-0.4, -0.2) is 42.8 Å². The van der Waals surface area contributed by atoms with Crippen LogP contribution in [0.4, 0.5) is 8.78 Å². The van der Waals surface area contributed by atoms with Crippen LogP contribution in [0.25, 0.3) is 10.9 Å². The smallest absolute Gasteiger partial charge is 0.332 e. The lowest BCUT2D eigenvalue weighted by Gasteiger charge is -2.20. The van der Waals surface area contributed by atoms with Gasteiger partial charge >= 0.3 is 5.69 Å². The van der Waals surface area contributed by atoms with Crippen LogP contribution < -0.4 is 25.5 Å². The number of nitrogens with zero attached hydrogens (tertiary/aromatic N) is 2. The molecule has 0 bridgehead atoms. The summed E-state index contributed by atoms with van der Waals surface area (Å²) in [5.41, 5.74) is 0.302. The van der Waals surface area contributed by atoms with E-state index in [-0.39, 0.29) is 23.7 Å². The van der Waals surface area contributed by atoms with Gasteiger partial charge in [0.05, 0.1) is 31.7 Å². The Labute approximate surface area is 195 Å². The second-order valence-corrected chi connectivity index (χ2v) is 8.40. The largest absolute Gasteiger partial charge is 0.493 e. The Kier molecular flexibility index (Phi) is 7.19. The summed E-state index contributed by atoms with van der Waals surface area (Å²) < 4.78 is 44.8. The average Bonchev–Trinajstić information content (AvgIpc) is 3.39. The van der Waals surface area contributed by atoms with E-state index >= 15 is 0 Å². The van der Waals surface area contributed by atoms with Gasteiger partial charge in [-0.25, -0.2) is 13.6 Å². The molecule has 1 heterocycles. The molecule has 0 amide bonds. The molecule has 0 atom stereocenters. The highest BCUT2D eigenvalue weighted by Gasteiger charge is 2.24. The third-order valence-electron chi connectivity index (χ3n) is 6.27. The quantitative estimate of drug-likeness (QED) is 0.468. The van der Waals surface area contributed by atoms with Crippen molar-refractivity contribution in [1.82, 2.24) is 9.13 Å². The molecule has 9 heteroatoms. The number of benzene rings is 2. The molecule has 1 fully saturated rings. The number of aromatic nitrogens is 2. The second-order valence-electron chi connectivity index (χ2n) is 8.40. The molecule has 7 nitrogen and oxygen atoms in total. The number of halogens is 2. The van der Waals surface area contributed by atoms with Crippen molar-refractivity contribution < 1.29 is 23.0 Å². The zero-order valence-electron chi connectivity index (χ0n) is 19.3. The van der Waals surface area contributed by atoms with E-state index in [1.165, 1.54) is 24.9 Å². The molecule has 0 radical (unpaired) electrons. The van der Waals surface area contributed by atoms with Gasteiger partial charge in [0, 0.05) is 6.04 Å². The monoisotopic (exact) mass is 474 g/mol. The molecule has 0 saturated heterocycles. The SMILES string of the molecule is COc1ccc(Cn2c(=O)c3cc(OC(CF)CF)ccc3n(C3CCCC3)c2=O)cc1OC. The van der Waals surface area contributed by atoms with Gasteiger partial charge in [-0.2, -0.15) is 0 Å². The van der Waals surface area contributed by atoms with Crippen molar-refractivity contribution in [2.75, 3.05) is 27.6 Å². The zero-order chi connectivity index (χ0) is 24.2. The lowest BCUT2D eigenvalue weighted by Crippen LogP contribution is -2.41. The molecule has 0 spiro atoms. The Hall–Kier alpha value is -3.36. The molecule has 4 rings (SSSR count). The molecule has 1 saturated carbocycles. The topological polar surface area (TPSA) is 71.7 Å². The van der Waals surface area contributed by atoms with Gasteiger partial charge < -0.3 is 14.2 Å². The minimum atomic E-state index is -1.24. The predicted molar refractivity (Wildman–Crippen MR) is 125 cm³/mol. The van der Waals surface area contributed by atoms with E-state index in [2.05, 4.69) is 0 Å². The third kappa shape index (κ3) is 4.51. The summed E-state index contributed by atoms with van der Waals surface area (Å²) in [6, 6.07) is 9.82. The van der Waals surface area contributed by atoms with Crippen LogP contribution in [0, 0.1) is 0 Å². The molecule has 2 aromatic carbocycles. The summed E-state index contributed by atoms with van der Waals surface area (Å²) in [5, 5.41) is 0.265. The Morgan fingerprint density at radius 1 is 0.971 bits per heavy atom. The highest BCUT2D eigenvalue weighted by molar-refractivity contribution is 5.80. The van der Waals surface area contributed by atoms with Crippen molar-refractivity contribution >= 4 is 10.9 Å². The highest BCUT2D eigenvalue weighted by atomic mass is 19.1. The molecule has 0 N–H and O–H groups in total. The number of methoxy groups -OCH3 is 2. The van der Waals surface area contributed by atoms with E-state index in [0.717, 1.165) is 25.7 Å². The third-order valence-corrected chi connectivity index (χ3v) is 6.27. The fourth-order valence-electron chi connectivity index (χ4n) is 4.55. The van der Waals surface area contributed by atoms with Gasteiger partial charge in [0.2, 0.25) is 0 Å². The molecular formula is C25H28F2N2O5. The second kappa shape index (κ2) is 10.3. The predicted octanol–water partition coefficient (Wildman–Crippen LogP) is 4.03. The summed E-state index contributed by atoms with van der Waals surface area (Å²) in [4.78, 5) is 27.0. The fraction of sp³-hybridized carbons (Fsp3) is 0.440. The number of hydrogen-bond acceptors (Lipinski definition) is 5. The molecule has 0 aliphatic heterocycles. The van der Waals surface area contributed by atoms with Gasteiger partial charge in [-0.1, -0.05) is 18.9 Å². The van der Waals surface area contributed by atoms with Gasteiger partial charge in [-0.05, 0) is 48.7 Å². The van der Waals surface area contributed by atoms with Crippen LogP contribution in [0.15, 0.2) is 46.0 Å². The molecule has 0 unspecified atom stereocenters. The Bertz CT molecular complexity index is 1280. The molecular weight excluding hydrogens is 446 g/mol. The maximum atomic E-state index is 13.6. The summed E-state index contributed by atoms with van der Waals surface area (Å²) in [6.07, 6.45) is 2.44. The van der Waals surface area contributed by atoms with Crippen LogP contribution in [0.5, 0.6) is 17.2 Å². The number of rotatable bonds is 9. The lowest BCUT2D eigenvalue weighted by atomic mass is 10.1. The van der Waals surface area contributed by atoms with Crippen molar-refractivity contribution in [1.29, 1.82) is 0 Å². The average molecular weight is 475 g/mol. The number of ether oxygens (including phenoxy) is 3. The first-order valence-electron chi connectivity index (χ1n) is 11.3. The van der Waals surface area contributed by atoms with Gasteiger partial charge in [0.1, 0.15) is 19.1 Å². The van der Waals surface area contributed by atoms with Crippen molar-refractivity contribution in [3.05, 3.63) is 62.8 Å². The number of alkyl halides is 2. The van der Waals surface area contributed by atoms with Crippen LogP contribution in [0.3, 0.4) is 0 Å². The minimum absolute atomic E-state index is 0.0246. The van der Waals surface area contributed by atoms with Crippen LogP contribution in [-0.2, 0) is 6.54 Å². The van der Waals surface area contributed by atoms with Gasteiger partial charge in [-0.15, -0.1) is 0 Å². The standard InChI is InChI=1S/C25H28F2N2O5/c1-32-22-10-7-16(11-23(22)33-2)15-28-24(30)20-12-18(34-19(13-26)14-27)8-9-21(20)29(25(28)31)17-5-3-4-6-17/h7-12,17,19H,3-6,13-15H2,1-2H3. The van der Waals surface area contributed by atoms with Crippen LogP contribution in [0.2, 0.25) is 0 Å². The summed E-state index contributed by atoms with van der Waals surface area (Å²) >= 11 is 0. The summed E-state index contributed by atoms with van der Waals surface area (Å²) in [5.74, 6) is 1.21. The summed E-state index contributed by atoms with van der Waals surface area (Å²) in [7, 11) is 3.04. The normalized spacial score (nSPS) is 14.1. The maximum absolute atomic E-state index is 13.6. The highest BCUT2D eigenvalue weighted by Crippen LogP contribution is 2.31. The Morgan fingerprint density at radius 3 is 2.32 bits per heavy atom. The van der Waals surface area contributed by atoms with E-state index in [1.54, 1.807) is 34.9 Å². The van der Waals surface area contributed by atoms with Gasteiger partial charge in [0.15, 0.2) is 17.6 Å². The first-order valence-corrected chi connectivity index (χ1v) is 11.3. The molecule has 1 aliphatic rings.